The van der Waals surface area contributed by atoms with Crippen LogP contribution in [0.4, 0.5) is 4.79 Å². The Balaban J connectivity index is 1.14. The molecule has 0 saturated carbocycles. The Bertz CT molecular complexity index is 2050. The number of aliphatic carboxylic acids is 2. The van der Waals surface area contributed by atoms with Gasteiger partial charge in [0.1, 0.15) is 18.7 Å². The molecule has 6 N–H and O–H groups in total. The van der Waals surface area contributed by atoms with Crippen molar-refractivity contribution in [3.8, 4) is 11.1 Å². The zero-order valence-electron chi connectivity index (χ0n) is 33.1. The molecule has 15 nitrogen and oxygen atoms in total. The van der Waals surface area contributed by atoms with Crippen molar-refractivity contribution >= 4 is 35.6 Å². The number of nitrogens with zero attached hydrogens (tertiary/aromatic N) is 1. The van der Waals surface area contributed by atoms with Gasteiger partial charge in [-0.05, 0) is 72.9 Å². The minimum atomic E-state index is -1.23. The summed E-state index contributed by atoms with van der Waals surface area (Å²) in [7, 11) is 0. The highest BCUT2D eigenvalue weighted by atomic mass is 17.1. The van der Waals surface area contributed by atoms with Crippen LogP contribution in [0.25, 0.3) is 11.1 Å². The summed E-state index contributed by atoms with van der Waals surface area (Å²) in [5, 5.41) is 36.0. The maximum Gasteiger partial charge on any atom is 0.407 e. The van der Waals surface area contributed by atoms with Crippen LogP contribution in [0.2, 0.25) is 0 Å². The van der Waals surface area contributed by atoms with E-state index in [2.05, 4.69) is 20.8 Å². The summed E-state index contributed by atoms with van der Waals surface area (Å²) >= 11 is 0. The molecular weight excluding hydrogens is 773 g/mol. The van der Waals surface area contributed by atoms with Gasteiger partial charge < -0.3 is 30.9 Å². The number of amides is 3. The number of hydrogen-bond donors (Lipinski definition) is 6. The number of rotatable bonds is 24. The normalized spacial score (nSPS) is 12.8. The van der Waals surface area contributed by atoms with Crippen molar-refractivity contribution in [3.63, 3.8) is 0 Å². The number of fused-ring (bicyclic) bond motifs is 3. The van der Waals surface area contributed by atoms with E-state index in [-0.39, 0.29) is 63.3 Å². The monoisotopic (exact) mass is 822 g/mol. The molecule has 0 spiro atoms. The number of carboxylic acid groups (broad SMARTS) is 2. The SMILES string of the molecule is O=C(O)CN(CCOO)C(CCCCNC(=O)C(CCCCNC(=O)c1ccc(C(=O)c2ccccc2)cc1)NC(=O)OCC1c2ccccc2-c2ccccc21)C(=O)O. The van der Waals surface area contributed by atoms with E-state index in [1.165, 1.54) is 4.90 Å². The van der Waals surface area contributed by atoms with Crippen molar-refractivity contribution in [3.05, 3.63) is 131 Å². The Morgan fingerprint density at radius 2 is 1.23 bits per heavy atom. The molecule has 1 aliphatic rings. The van der Waals surface area contributed by atoms with Gasteiger partial charge >= 0.3 is 18.0 Å². The van der Waals surface area contributed by atoms with E-state index in [4.69, 9.17) is 9.99 Å². The average Bonchev–Trinajstić information content (AvgIpc) is 3.58. The number of nitrogens with one attached hydrogen (secondary N) is 3. The lowest BCUT2D eigenvalue weighted by Gasteiger charge is -2.26. The van der Waals surface area contributed by atoms with Crippen LogP contribution in [0, 0.1) is 0 Å². The molecule has 15 heteroatoms. The molecule has 5 rings (SSSR count). The van der Waals surface area contributed by atoms with Crippen LogP contribution in [0.3, 0.4) is 0 Å². The fourth-order valence-corrected chi connectivity index (χ4v) is 7.29. The molecule has 2 atom stereocenters. The minimum Gasteiger partial charge on any atom is -0.480 e. The third kappa shape index (κ3) is 12.5. The molecule has 4 aromatic carbocycles. The van der Waals surface area contributed by atoms with Gasteiger partial charge in [-0.15, -0.1) is 0 Å². The summed E-state index contributed by atoms with van der Waals surface area (Å²) in [6.45, 7) is -0.461. The van der Waals surface area contributed by atoms with Gasteiger partial charge in [0.05, 0.1) is 13.2 Å². The first kappa shape index (κ1) is 44.7. The second kappa shape index (κ2) is 22.7. The molecule has 0 aromatic heterocycles. The summed E-state index contributed by atoms with van der Waals surface area (Å²) < 4.78 is 5.71. The van der Waals surface area contributed by atoms with Gasteiger partial charge in [-0.25, -0.2) is 9.68 Å². The number of alkyl carbamates (subject to hydrolysis) is 1. The van der Waals surface area contributed by atoms with Gasteiger partial charge in [0.15, 0.2) is 5.78 Å². The van der Waals surface area contributed by atoms with Gasteiger partial charge in [0.2, 0.25) is 5.91 Å². The number of ether oxygens (including phenoxy) is 1. The van der Waals surface area contributed by atoms with E-state index in [0.29, 0.717) is 42.4 Å². The molecule has 1 aliphatic carbocycles. The Kier molecular flexibility index (Phi) is 16.9. The smallest absolute Gasteiger partial charge is 0.407 e. The van der Waals surface area contributed by atoms with Crippen LogP contribution in [0.15, 0.2) is 103 Å². The van der Waals surface area contributed by atoms with Crippen LogP contribution >= 0.6 is 0 Å². The van der Waals surface area contributed by atoms with Gasteiger partial charge in [-0.1, -0.05) is 91.0 Å². The molecule has 0 aliphatic heterocycles. The van der Waals surface area contributed by atoms with E-state index in [0.717, 1.165) is 22.3 Å². The standard InChI is InChI=1S/C45H50N4O11/c50-40(51)28-49(26-27-60-58)39(44(55)56)19-9-11-25-47-43(54)38(48-45(57)59-29-37-35-16-6-4-14-33(35)34-15-5-7-17-36(34)37)18-8-10-24-46-42(53)32-22-20-31(21-23-32)41(52)30-12-2-1-3-13-30/h1-7,12-17,20-23,37-39,58H,8-11,18-19,24-29H2,(H,46,53)(H,47,54)(H,48,57)(H,50,51)(H,55,56). The van der Waals surface area contributed by atoms with Crippen molar-refractivity contribution in [1.82, 2.24) is 20.9 Å². The van der Waals surface area contributed by atoms with Crippen LogP contribution in [-0.4, -0.2) is 107 Å². The highest BCUT2D eigenvalue weighted by Crippen LogP contribution is 2.44. The lowest BCUT2D eigenvalue weighted by Crippen LogP contribution is -2.47. The third-order valence-electron chi connectivity index (χ3n) is 10.3. The molecule has 0 heterocycles. The molecule has 316 valence electrons. The molecule has 0 fully saturated rings. The molecular formula is C45H50N4O11. The average molecular weight is 823 g/mol. The summed E-state index contributed by atoms with van der Waals surface area (Å²) in [5.74, 6) is -3.58. The fraction of sp³-hybridized carbons (Fsp3) is 0.333. The lowest BCUT2D eigenvalue weighted by molar-refractivity contribution is -0.244. The fourth-order valence-electron chi connectivity index (χ4n) is 7.29. The van der Waals surface area contributed by atoms with Crippen molar-refractivity contribution in [2.75, 3.05) is 39.4 Å². The van der Waals surface area contributed by atoms with Crippen LogP contribution in [0.1, 0.15) is 81.8 Å². The van der Waals surface area contributed by atoms with Gasteiger partial charge in [-0.3, -0.25) is 34.1 Å². The van der Waals surface area contributed by atoms with Crippen molar-refractivity contribution < 1.29 is 53.9 Å². The van der Waals surface area contributed by atoms with Crippen molar-refractivity contribution in [1.29, 1.82) is 0 Å². The topological polar surface area (TPSA) is 221 Å². The van der Waals surface area contributed by atoms with E-state index in [9.17, 15) is 39.0 Å². The summed E-state index contributed by atoms with van der Waals surface area (Å²) in [5.41, 5.74) is 5.62. The zero-order chi connectivity index (χ0) is 42.9. The number of ketones is 1. The lowest BCUT2D eigenvalue weighted by atomic mass is 9.98. The molecule has 4 aromatic rings. The van der Waals surface area contributed by atoms with E-state index < -0.39 is 42.6 Å². The molecule has 3 amide bonds. The second-order valence-corrected chi connectivity index (χ2v) is 14.4. The van der Waals surface area contributed by atoms with Crippen LogP contribution in [-0.2, 0) is 24.0 Å². The molecule has 2 unspecified atom stereocenters. The van der Waals surface area contributed by atoms with E-state index in [1.54, 1.807) is 48.5 Å². The number of carbonyl (C=O) groups is 6. The number of unbranched alkanes of at least 4 members (excludes halogenated alkanes) is 2. The Morgan fingerprint density at radius 3 is 1.85 bits per heavy atom. The Labute approximate surface area is 347 Å². The van der Waals surface area contributed by atoms with E-state index in [1.807, 2.05) is 54.6 Å². The maximum absolute atomic E-state index is 13.5. The first-order valence-electron chi connectivity index (χ1n) is 19.9. The van der Waals surface area contributed by atoms with Crippen molar-refractivity contribution in [2.45, 2.75) is 56.5 Å². The van der Waals surface area contributed by atoms with Crippen molar-refractivity contribution in [2.24, 2.45) is 0 Å². The zero-order valence-corrected chi connectivity index (χ0v) is 33.1. The number of carboxylic acids is 2. The first-order valence-corrected chi connectivity index (χ1v) is 19.9. The molecule has 0 radical (unpaired) electrons. The van der Waals surface area contributed by atoms with Crippen LogP contribution < -0.4 is 16.0 Å². The highest BCUT2D eigenvalue weighted by Gasteiger charge is 2.30. The summed E-state index contributed by atoms with van der Waals surface area (Å²) in [6, 6.07) is 29.0. The predicted octanol–water partition coefficient (Wildman–Crippen LogP) is 5.34. The Morgan fingerprint density at radius 1 is 0.667 bits per heavy atom. The number of benzene rings is 4. The minimum absolute atomic E-state index is 0.0513. The summed E-state index contributed by atoms with van der Waals surface area (Å²) in [6.07, 6.45) is 1.14. The van der Waals surface area contributed by atoms with Gasteiger partial charge in [0.25, 0.3) is 5.91 Å². The van der Waals surface area contributed by atoms with Gasteiger partial charge in [0, 0.05) is 42.2 Å². The number of hydrogen-bond acceptors (Lipinski definition) is 10. The summed E-state index contributed by atoms with van der Waals surface area (Å²) in [4.78, 5) is 80.7. The quantitative estimate of drug-likeness (QED) is 0.0228. The largest absolute Gasteiger partial charge is 0.480 e. The Hall–Kier alpha value is -6.42. The third-order valence-corrected chi connectivity index (χ3v) is 10.3. The molecule has 60 heavy (non-hydrogen) atoms. The van der Waals surface area contributed by atoms with Gasteiger partial charge in [-0.2, -0.15) is 0 Å². The number of carbonyl (C=O) groups excluding carboxylic acids is 4. The van der Waals surface area contributed by atoms with Crippen LogP contribution in [0.5, 0.6) is 0 Å². The molecule has 0 saturated heterocycles. The predicted molar refractivity (Wildman–Crippen MR) is 221 cm³/mol. The first-order chi connectivity index (χ1) is 29.1. The van der Waals surface area contributed by atoms with E-state index >= 15 is 0 Å². The second-order valence-electron chi connectivity index (χ2n) is 14.4. The maximum atomic E-state index is 13.5. The molecule has 0 bridgehead atoms. The highest BCUT2D eigenvalue weighted by molar-refractivity contribution is 6.09.